The maximum absolute atomic E-state index is 13.7. The Hall–Kier alpha value is -1.89. The van der Waals surface area contributed by atoms with E-state index in [1.54, 1.807) is 6.07 Å². The van der Waals surface area contributed by atoms with Crippen molar-refractivity contribution < 1.29 is 4.39 Å². The number of anilines is 1. The summed E-state index contributed by atoms with van der Waals surface area (Å²) in [5.74, 6) is -0.495. The average Bonchev–Trinajstić information content (AvgIpc) is 2.34. The van der Waals surface area contributed by atoms with Gasteiger partial charge in [-0.3, -0.25) is 9.36 Å². The lowest BCUT2D eigenvalue weighted by molar-refractivity contribution is 0.578. The van der Waals surface area contributed by atoms with Gasteiger partial charge in [0.2, 0.25) is 0 Å². The van der Waals surface area contributed by atoms with E-state index >= 15 is 0 Å². The highest BCUT2D eigenvalue weighted by Gasteiger charge is 2.10. The predicted octanol–water partition coefficient (Wildman–Crippen LogP) is 1.08. The highest BCUT2D eigenvalue weighted by molar-refractivity contribution is 9.10. The molecule has 1 aromatic heterocycles. The maximum Gasteiger partial charge on any atom is 0.331 e. The first-order valence-electron chi connectivity index (χ1n) is 5.40. The maximum atomic E-state index is 13.7. The van der Waals surface area contributed by atoms with Crippen LogP contribution in [0.25, 0.3) is 0 Å². The van der Waals surface area contributed by atoms with Gasteiger partial charge in [0.1, 0.15) is 11.5 Å². The van der Waals surface area contributed by atoms with Gasteiger partial charge in [-0.15, -0.1) is 0 Å². The molecule has 2 rings (SSSR count). The number of hydrogen-bond acceptors (Lipinski definition) is 3. The number of nitrogens with zero attached hydrogens (tertiary/aromatic N) is 2. The van der Waals surface area contributed by atoms with Gasteiger partial charge < -0.3 is 10.3 Å². The second-order valence-electron chi connectivity index (χ2n) is 4.10. The van der Waals surface area contributed by atoms with Crippen LogP contribution in [0.15, 0.2) is 38.5 Å². The largest absolute Gasteiger partial charge is 0.393 e. The zero-order chi connectivity index (χ0) is 14.2. The number of aromatic nitrogens is 2. The Morgan fingerprint density at radius 2 is 2.05 bits per heavy atom. The van der Waals surface area contributed by atoms with Gasteiger partial charge in [-0.1, -0.05) is 22.0 Å². The smallest absolute Gasteiger partial charge is 0.331 e. The summed E-state index contributed by atoms with van der Waals surface area (Å²) in [6, 6.07) is 4.42. The van der Waals surface area contributed by atoms with Crippen LogP contribution in [0.1, 0.15) is 5.56 Å². The van der Waals surface area contributed by atoms with Crippen molar-refractivity contribution in [2.45, 2.75) is 6.54 Å². The van der Waals surface area contributed by atoms with E-state index in [9.17, 15) is 14.0 Å². The summed E-state index contributed by atoms with van der Waals surface area (Å²) in [5.41, 5.74) is 4.54. The van der Waals surface area contributed by atoms with Crippen molar-refractivity contribution in [1.82, 2.24) is 9.13 Å². The molecule has 0 bridgehead atoms. The highest BCUT2D eigenvalue weighted by atomic mass is 79.9. The van der Waals surface area contributed by atoms with Crippen molar-refractivity contribution in [3.05, 3.63) is 61.1 Å². The molecule has 100 valence electrons. The quantitative estimate of drug-likeness (QED) is 0.897. The lowest BCUT2D eigenvalue weighted by atomic mass is 10.2. The third-order valence-electron chi connectivity index (χ3n) is 2.70. The van der Waals surface area contributed by atoms with Crippen LogP contribution in [0.5, 0.6) is 0 Å². The first-order chi connectivity index (χ1) is 8.90. The molecule has 19 heavy (non-hydrogen) atoms. The predicted molar refractivity (Wildman–Crippen MR) is 73.6 cm³/mol. The molecule has 1 aromatic carbocycles. The topological polar surface area (TPSA) is 70.0 Å². The molecule has 0 aliphatic rings. The van der Waals surface area contributed by atoms with E-state index in [0.717, 1.165) is 4.57 Å². The SMILES string of the molecule is Cn1cc(N)c(=O)n(Cc2ccc(Br)cc2F)c1=O. The number of rotatable bonds is 2. The molecular weight excluding hydrogens is 317 g/mol. The summed E-state index contributed by atoms with van der Waals surface area (Å²) in [7, 11) is 1.48. The fourth-order valence-electron chi connectivity index (χ4n) is 1.71. The lowest BCUT2D eigenvalue weighted by Crippen LogP contribution is -2.40. The molecule has 2 N–H and O–H groups in total. The molecule has 0 amide bonds. The molecule has 0 fully saturated rings. The van der Waals surface area contributed by atoms with E-state index in [-0.39, 0.29) is 17.8 Å². The van der Waals surface area contributed by atoms with Crippen LogP contribution in [0.4, 0.5) is 10.1 Å². The molecule has 0 atom stereocenters. The normalized spacial score (nSPS) is 10.7. The summed E-state index contributed by atoms with van der Waals surface area (Å²) < 4.78 is 16.4. The molecule has 0 aliphatic heterocycles. The molecule has 0 saturated heterocycles. The van der Waals surface area contributed by atoms with E-state index in [1.807, 2.05) is 0 Å². The second-order valence-corrected chi connectivity index (χ2v) is 5.02. The van der Waals surface area contributed by atoms with Crippen LogP contribution in [0.2, 0.25) is 0 Å². The number of aryl methyl sites for hydroxylation is 1. The fraction of sp³-hybridized carbons (Fsp3) is 0.167. The molecule has 0 aliphatic carbocycles. The Kier molecular flexibility index (Phi) is 3.57. The van der Waals surface area contributed by atoms with E-state index in [0.29, 0.717) is 4.47 Å². The molecule has 0 spiro atoms. The number of benzene rings is 1. The molecule has 2 aromatic rings. The van der Waals surface area contributed by atoms with Crippen LogP contribution in [0, 0.1) is 5.82 Å². The van der Waals surface area contributed by atoms with E-state index in [2.05, 4.69) is 15.9 Å². The van der Waals surface area contributed by atoms with Gasteiger partial charge in [0.05, 0.1) is 6.54 Å². The minimum atomic E-state index is -0.620. The average molecular weight is 328 g/mol. The first kappa shape index (κ1) is 13.5. The Labute approximate surface area is 116 Å². The van der Waals surface area contributed by atoms with Crippen molar-refractivity contribution in [2.75, 3.05) is 5.73 Å². The van der Waals surface area contributed by atoms with Crippen LogP contribution >= 0.6 is 15.9 Å². The van der Waals surface area contributed by atoms with E-state index < -0.39 is 17.1 Å². The third kappa shape index (κ3) is 2.60. The second kappa shape index (κ2) is 5.00. The van der Waals surface area contributed by atoms with Crippen LogP contribution in [-0.2, 0) is 13.6 Å². The summed E-state index contributed by atoms with van der Waals surface area (Å²) in [4.78, 5) is 23.7. The van der Waals surface area contributed by atoms with Crippen molar-refractivity contribution in [3.8, 4) is 0 Å². The highest BCUT2D eigenvalue weighted by Crippen LogP contribution is 2.15. The first-order valence-corrected chi connectivity index (χ1v) is 6.19. The number of nitrogen functional groups attached to an aromatic ring is 1. The van der Waals surface area contributed by atoms with Gasteiger partial charge in [0.15, 0.2) is 0 Å². The molecular formula is C12H11BrFN3O2. The Morgan fingerprint density at radius 1 is 1.37 bits per heavy atom. The third-order valence-corrected chi connectivity index (χ3v) is 3.19. The number of nitrogens with two attached hydrogens (primary N) is 1. The fourth-order valence-corrected chi connectivity index (χ4v) is 2.05. The van der Waals surface area contributed by atoms with Crippen molar-refractivity contribution >= 4 is 21.6 Å². The van der Waals surface area contributed by atoms with E-state index in [4.69, 9.17) is 5.73 Å². The molecule has 7 heteroatoms. The summed E-state index contributed by atoms with van der Waals surface area (Å²) in [6.45, 7) is -0.157. The molecule has 5 nitrogen and oxygen atoms in total. The number of hydrogen-bond donors (Lipinski definition) is 1. The van der Waals surface area contributed by atoms with Gasteiger partial charge in [-0.25, -0.2) is 9.18 Å². The van der Waals surface area contributed by atoms with Crippen molar-refractivity contribution in [1.29, 1.82) is 0 Å². The van der Waals surface area contributed by atoms with Gasteiger partial charge in [-0.2, -0.15) is 0 Å². The molecule has 1 heterocycles. The number of halogens is 2. The lowest BCUT2D eigenvalue weighted by Gasteiger charge is -2.09. The standard InChI is InChI=1S/C12H11BrFN3O2/c1-16-6-10(15)11(18)17(12(16)19)5-7-2-3-8(13)4-9(7)14/h2-4,6H,5,15H2,1H3. The van der Waals surface area contributed by atoms with Gasteiger partial charge in [0, 0.05) is 23.3 Å². The monoisotopic (exact) mass is 327 g/mol. The molecule has 0 saturated carbocycles. The van der Waals surface area contributed by atoms with Gasteiger partial charge in [0.25, 0.3) is 5.56 Å². The zero-order valence-corrected chi connectivity index (χ0v) is 11.6. The van der Waals surface area contributed by atoms with Crippen LogP contribution in [-0.4, -0.2) is 9.13 Å². The summed E-state index contributed by atoms with van der Waals surface area (Å²) in [5, 5.41) is 0. The van der Waals surface area contributed by atoms with Gasteiger partial charge >= 0.3 is 5.69 Å². The zero-order valence-electron chi connectivity index (χ0n) is 10.1. The summed E-state index contributed by atoms with van der Waals surface area (Å²) in [6.07, 6.45) is 1.25. The van der Waals surface area contributed by atoms with Crippen molar-refractivity contribution in [3.63, 3.8) is 0 Å². The molecule has 0 radical (unpaired) electrons. The molecule has 0 unspecified atom stereocenters. The Balaban J connectivity index is 2.56. The van der Waals surface area contributed by atoms with Crippen LogP contribution < -0.4 is 17.0 Å². The van der Waals surface area contributed by atoms with Crippen molar-refractivity contribution in [2.24, 2.45) is 7.05 Å². The minimum Gasteiger partial charge on any atom is -0.393 e. The minimum absolute atomic E-state index is 0.0559. The van der Waals surface area contributed by atoms with Crippen LogP contribution in [0.3, 0.4) is 0 Å². The summed E-state index contributed by atoms with van der Waals surface area (Å²) >= 11 is 3.14. The Bertz CT molecular complexity index is 717. The van der Waals surface area contributed by atoms with E-state index in [1.165, 1.54) is 29.9 Å². The van der Waals surface area contributed by atoms with Gasteiger partial charge in [-0.05, 0) is 12.1 Å². The Morgan fingerprint density at radius 3 is 2.68 bits per heavy atom.